The summed E-state index contributed by atoms with van der Waals surface area (Å²) in [4.78, 5) is 25.6. The summed E-state index contributed by atoms with van der Waals surface area (Å²) in [7, 11) is 1.64. The Morgan fingerprint density at radius 1 is 0.582 bits per heavy atom. The molecule has 372 valence electrons. The number of methoxy groups -OCH3 is 1. The minimum Gasteiger partial charge on any atom is -0.463 e. The van der Waals surface area contributed by atoms with Crippen LogP contribution in [0.4, 0.5) is 0 Å². The van der Waals surface area contributed by atoms with Crippen LogP contribution in [0.25, 0.3) is 0 Å². The number of esters is 1. The summed E-state index contributed by atoms with van der Waals surface area (Å²) in [6.45, 7) is 12.0. The van der Waals surface area contributed by atoms with Crippen LogP contribution in [-0.4, -0.2) is 142 Å². The fourth-order valence-electron chi connectivity index (χ4n) is 7.99. The van der Waals surface area contributed by atoms with Crippen molar-refractivity contribution in [2.45, 2.75) is 109 Å². The zero-order valence-electron chi connectivity index (χ0n) is 40.4. The fourth-order valence-corrected chi connectivity index (χ4v) is 7.99. The summed E-state index contributed by atoms with van der Waals surface area (Å²) in [5.41, 5.74) is 2.22. The van der Waals surface area contributed by atoms with Crippen LogP contribution >= 0.6 is 0 Å². The third-order valence-electron chi connectivity index (χ3n) is 11.8. The molecule has 2 aliphatic rings. The maximum Gasteiger partial charge on any atom is 0.305 e. The Labute approximate surface area is 398 Å². The molecule has 0 amide bonds. The van der Waals surface area contributed by atoms with E-state index < -0.39 is 5.54 Å². The van der Waals surface area contributed by atoms with Crippen molar-refractivity contribution in [3.63, 3.8) is 0 Å². The lowest BCUT2D eigenvalue weighted by molar-refractivity contribution is -0.304. The predicted molar refractivity (Wildman–Crippen MR) is 254 cm³/mol. The number of carbonyl (C=O) groups excluding carboxylic acids is 2. The number of ketones is 1. The molecule has 3 atom stereocenters. The van der Waals surface area contributed by atoms with Crippen LogP contribution in [0.3, 0.4) is 0 Å². The Balaban J connectivity index is 0.854. The van der Waals surface area contributed by atoms with E-state index in [9.17, 15) is 9.59 Å². The van der Waals surface area contributed by atoms with E-state index >= 15 is 0 Å². The van der Waals surface area contributed by atoms with Crippen molar-refractivity contribution in [1.82, 2.24) is 5.32 Å². The molecule has 0 saturated carbocycles. The summed E-state index contributed by atoms with van der Waals surface area (Å²) in [5, 5.41) is 3.70. The smallest absolute Gasteiger partial charge is 0.305 e. The molecule has 1 spiro atoms. The highest BCUT2D eigenvalue weighted by molar-refractivity contribution is 5.80. The van der Waals surface area contributed by atoms with Gasteiger partial charge >= 0.3 is 5.97 Å². The molecule has 0 aromatic heterocycles. The van der Waals surface area contributed by atoms with Crippen molar-refractivity contribution in [2.24, 2.45) is 5.41 Å². The maximum absolute atomic E-state index is 13.3. The Morgan fingerprint density at radius 2 is 1.04 bits per heavy atom. The van der Waals surface area contributed by atoms with Crippen LogP contribution in [-0.2, 0) is 67.2 Å². The van der Waals surface area contributed by atoms with Gasteiger partial charge < -0.3 is 52.1 Å². The first-order valence-electron chi connectivity index (χ1n) is 24.3. The second-order valence-corrected chi connectivity index (χ2v) is 17.7. The highest BCUT2D eigenvalue weighted by Crippen LogP contribution is 2.37. The summed E-state index contributed by atoms with van der Waals surface area (Å²) >= 11 is 0. The van der Waals surface area contributed by atoms with Gasteiger partial charge in [-0.2, -0.15) is 0 Å². The van der Waals surface area contributed by atoms with Gasteiger partial charge in [0.05, 0.1) is 115 Å². The number of benzene rings is 3. The predicted octanol–water partition coefficient (Wildman–Crippen LogP) is 7.43. The standard InChI is InChI=1S/C53H77NO13/c1-42(62-37-44(3)63-36-43(2)60-32-30-58-29-28-57-4)35-59-31-33-61-49(56)25-15-17-27-51-66-40-52(41-67-51)38-64-50(65-39-52)26-16-14-24-48(55)34-54-53(45-18-8-5-9-19-45,46-20-10-6-11-21-46)47-22-12-7-13-23-47/h5-13,18-23,42-44,50-51,54H,14-17,24-41H2,1-4H3. The number of hydrogen-bond acceptors (Lipinski definition) is 14. The van der Waals surface area contributed by atoms with E-state index in [-0.39, 0.29) is 61.2 Å². The molecule has 67 heavy (non-hydrogen) atoms. The van der Waals surface area contributed by atoms with E-state index in [0.717, 1.165) is 36.0 Å². The molecule has 0 radical (unpaired) electrons. The van der Waals surface area contributed by atoms with Gasteiger partial charge in [-0.3, -0.25) is 14.9 Å². The molecule has 1 N–H and O–H groups in total. The number of unbranched alkanes of at least 4 members (excludes halogenated alkanes) is 2. The van der Waals surface area contributed by atoms with Crippen LogP contribution in [0.1, 0.15) is 88.8 Å². The van der Waals surface area contributed by atoms with Gasteiger partial charge in [-0.15, -0.1) is 0 Å². The second kappa shape index (κ2) is 30.8. The zero-order chi connectivity index (χ0) is 47.4. The Hall–Kier alpha value is -3.64. The average Bonchev–Trinajstić information content (AvgIpc) is 3.36. The Kier molecular flexibility index (Phi) is 24.9. The lowest BCUT2D eigenvalue weighted by Crippen LogP contribution is -2.52. The molecule has 14 nitrogen and oxygen atoms in total. The van der Waals surface area contributed by atoms with E-state index in [2.05, 4.69) is 41.7 Å². The maximum atomic E-state index is 13.3. The highest BCUT2D eigenvalue weighted by atomic mass is 16.7. The fraction of sp³-hybridized carbons (Fsp3) is 0.623. The van der Waals surface area contributed by atoms with Crippen LogP contribution in [0.15, 0.2) is 91.0 Å². The van der Waals surface area contributed by atoms with E-state index in [1.807, 2.05) is 75.4 Å². The second-order valence-electron chi connectivity index (χ2n) is 17.7. The van der Waals surface area contributed by atoms with E-state index in [1.54, 1.807) is 7.11 Å². The molecule has 2 heterocycles. The molecular weight excluding hydrogens is 859 g/mol. The number of hydrogen-bond donors (Lipinski definition) is 1. The molecule has 3 aromatic rings. The zero-order valence-corrected chi connectivity index (χ0v) is 40.4. The van der Waals surface area contributed by atoms with Crippen molar-refractivity contribution in [2.75, 3.05) is 99.5 Å². The number of nitrogens with one attached hydrogen (secondary N) is 1. The van der Waals surface area contributed by atoms with Gasteiger partial charge in [0.1, 0.15) is 12.4 Å². The Bertz CT molecular complexity index is 1660. The molecule has 0 aliphatic carbocycles. The van der Waals surface area contributed by atoms with Crippen molar-refractivity contribution in [3.8, 4) is 0 Å². The molecule has 0 bridgehead atoms. The van der Waals surface area contributed by atoms with Gasteiger partial charge in [-0.1, -0.05) is 91.0 Å². The third kappa shape index (κ3) is 19.3. The van der Waals surface area contributed by atoms with Gasteiger partial charge in [0.2, 0.25) is 0 Å². The summed E-state index contributed by atoms with van der Waals surface area (Å²) in [6.07, 6.45) is 4.32. The lowest BCUT2D eigenvalue weighted by atomic mass is 9.77. The summed E-state index contributed by atoms with van der Waals surface area (Å²) in [6, 6.07) is 31.0. The van der Waals surface area contributed by atoms with Gasteiger partial charge in [0, 0.05) is 20.0 Å². The number of Topliss-reactive ketones (excluding diaryl/α,β-unsaturated/α-hetero) is 1. The first-order chi connectivity index (χ1) is 32.7. The number of carbonyl (C=O) groups is 2. The van der Waals surface area contributed by atoms with Crippen molar-refractivity contribution >= 4 is 11.8 Å². The lowest BCUT2D eigenvalue weighted by Gasteiger charge is -2.43. The quantitative estimate of drug-likeness (QED) is 0.0360. The van der Waals surface area contributed by atoms with Crippen molar-refractivity contribution < 1.29 is 61.7 Å². The number of rotatable bonds is 34. The summed E-state index contributed by atoms with van der Waals surface area (Å²) < 4.78 is 63.1. The molecule has 5 rings (SSSR count). The van der Waals surface area contributed by atoms with E-state index in [1.165, 1.54) is 0 Å². The van der Waals surface area contributed by atoms with E-state index in [0.29, 0.717) is 111 Å². The molecular formula is C53H77NO13. The first-order valence-corrected chi connectivity index (χ1v) is 24.3. The molecule has 3 aromatic carbocycles. The third-order valence-corrected chi connectivity index (χ3v) is 11.8. The van der Waals surface area contributed by atoms with Crippen LogP contribution in [0.2, 0.25) is 0 Å². The topological polar surface area (TPSA) is 148 Å². The monoisotopic (exact) mass is 936 g/mol. The minimum atomic E-state index is -0.676. The molecule has 2 fully saturated rings. The minimum absolute atomic E-state index is 0.0479. The molecule has 14 heteroatoms. The average molecular weight is 936 g/mol. The van der Waals surface area contributed by atoms with Crippen LogP contribution < -0.4 is 5.32 Å². The Morgan fingerprint density at radius 3 is 1.57 bits per heavy atom. The van der Waals surface area contributed by atoms with Crippen LogP contribution in [0.5, 0.6) is 0 Å². The SMILES string of the molecule is COCCOCCOC(C)COC(C)COC(C)COCCOC(=O)CCCCC1OCC2(COC(CCCCC(=O)CNC(c3ccccc3)(c3ccccc3)c3ccccc3)OC2)CO1. The van der Waals surface area contributed by atoms with Gasteiger partial charge in [0.25, 0.3) is 0 Å². The van der Waals surface area contributed by atoms with Gasteiger partial charge in [0.15, 0.2) is 12.6 Å². The van der Waals surface area contributed by atoms with Crippen LogP contribution in [0, 0.1) is 5.41 Å². The van der Waals surface area contributed by atoms with Crippen molar-refractivity contribution in [3.05, 3.63) is 108 Å². The first kappa shape index (κ1) is 54.3. The highest BCUT2D eigenvalue weighted by Gasteiger charge is 2.42. The summed E-state index contributed by atoms with van der Waals surface area (Å²) in [5.74, 6) is -0.0857. The normalized spacial score (nSPS) is 20.1. The van der Waals surface area contributed by atoms with Crippen molar-refractivity contribution in [1.29, 1.82) is 0 Å². The molecule has 3 unspecified atom stereocenters. The van der Waals surface area contributed by atoms with Gasteiger partial charge in [-0.05, 0) is 76.0 Å². The van der Waals surface area contributed by atoms with Gasteiger partial charge in [-0.25, -0.2) is 0 Å². The molecule has 2 aliphatic heterocycles. The molecule has 2 saturated heterocycles. The number of ether oxygens (including phenoxy) is 11. The van der Waals surface area contributed by atoms with E-state index in [4.69, 9.17) is 52.1 Å². The largest absolute Gasteiger partial charge is 0.463 e.